The first-order valence-corrected chi connectivity index (χ1v) is 7.24. The van der Waals surface area contributed by atoms with Crippen LogP contribution in [0.1, 0.15) is 34.5 Å². The Kier molecular flexibility index (Phi) is 5.40. The summed E-state index contributed by atoms with van der Waals surface area (Å²) in [5.41, 5.74) is 0.657. The number of aliphatic hydroxyl groups is 1. The third-order valence-electron chi connectivity index (χ3n) is 2.87. The molecule has 2 N–H and O–H groups in total. The van der Waals surface area contributed by atoms with Crippen molar-refractivity contribution >= 4 is 17.2 Å². The van der Waals surface area contributed by atoms with Crippen molar-refractivity contribution in [2.45, 2.75) is 25.3 Å². The van der Waals surface area contributed by atoms with Crippen LogP contribution in [0.15, 0.2) is 11.4 Å². The monoisotopic (exact) mass is 279 g/mol. The first-order valence-electron chi connectivity index (χ1n) is 6.36. The highest BCUT2D eigenvalue weighted by molar-refractivity contribution is 7.10. The van der Waals surface area contributed by atoms with Crippen molar-refractivity contribution in [3.63, 3.8) is 0 Å². The SMILES string of the molecule is O=C(NC1CCOCC1)c1csc(C#CCCO)c1. The number of hydrogen-bond acceptors (Lipinski definition) is 4. The molecule has 1 fully saturated rings. The maximum absolute atomic E-state index is 12.0. The number of amides is 1. The van der Waals surface area contributed by atoms with E-state index in [1.54, 1.807) is 6.07 Å². The molecule has 0 atom stereocenters. The molecule has 2 heterocycles. The molecule has 19 heavy (non-hydrogen) atoms. The molecular formula is C14H17NO3S. The topological polar surface area (TPSA) is 58.6 Å². The molecule has 4 nitrogen and oxygen atoms in total. The molecule has 5 heteroatoms. The van der Waals surface area contributed by atoms with E-state index in [0.29, 0.717) is 25.2 Å². The zero-order valence-electron chi connectivity index (χ0n) is 10.6. The van der Waals surface area contributed by atoms with Crippen molar-refractivity contribution in [1.82, 2.24) is 5.32 Å². The Morgan fingerprint density at radius 3 is 3.05 bits per heavy atom. The van der Waals surface area contributed by atoms with E-state index in [9.17, 15) is 4.79 Å². The lowest BCUT2D eigenvalue weighted by molar-refractivity contribution is 0.0696. The van der Waals surface area contributed by atoms with Gasteiger partial charge in [-0.15, -0.1) is 11.3 Å². The molecule has 0 unspecified atom stereocenters. The van der Waals surface area contributed by atoms with Crippen molar-refractivity contribution in [3.8, 4) is 11.8 Å². The lowest BCUT2D eigenvalue weighted by Gasteiger charge is -2.22. The van der Waals surface area contributed by atoms with Crippen LogP contribution in [0.5, 0.6) is 0 Å². The number of rotatable bonds is 3. The van der Waals surface area contributed by atoms with Crippen LogP contribution in [0, 0.1) is 11.8 Å². The Hall–Kier alpha value is -1.35. The fourth-order valence-electron chi connectivity index (χ4n) is 1.84. The van der Waals surface area contributed by atoms with E-state index in [2.05, 4.69) is 17.2 Å². The summed E-state index contributed by atoms with van der Waals surface area (Å²) in [5, 5.41) is 13.5. The van der Waals surface area contributed by atoms with Gasteiger partial charge in [0.2, 0.25) is 0 Å². The van der Waals surface area contributed by atoms with Gasteiger partial charge in [0, 0.05) is 31.1 Å². The predicted molar refractivity (Wildman–Crippen MR) is 74.2 cm³/mol. The van der Waals surface area contributed by atoms with Crippen molar-refractivity contribution in [1.29, 1.82) is 0 Å². The molecule has 0 aromatic carbocycles. The molecular weight excluding hydrogens is 262 g/mol. The predicted octanol–water partition coefficient (Wildman–Crippen LogP) is 1.39. The second-order valence-electron chi connectivity index (χ2n) is 4.34. The molecule has 0 bridgehead atoms. The van der Waals surface area contributed by atoms with E-state index in [0.717, 1.165) is 17.7 Å². The summed E-state index contributed by atoms with van der Waals surface area (Å²) in [6, 6.07) is 2.01. The third kappa shape index (κ3) is 4.35. The molecule has 1 amide bonds. The average Bonchev–Trinajstić information content (AvgIpc) is 2.89. The molecule has 102 valence electrons. The van der Waals surface area contributed by atoms with Crippen molar-refractivity contribution < 1.29 is 14.6 Å². The zero-order chi connectivity index (χ0) is 13.5. The molecule has 0 spiro atoms. The maximum atomic E-state index is 12.0. The summed E-state index contributed by atoms with van der Waals surface area (Å²) in [7, 11) is 0. The van der Waals surface area contributed by atoms with Crippen molar-refractivity contribution in [2.24, 2.45) is 0 Å². The summed E-state index contributed by atoms with van der Waals surface area (Å²) in [6.07, 6.45) is 2.21. The standard InChI is InChI=1S/C14H17NO3S/c16-6-2-1-3-13-9-11(10-19-13)14(17)15-12-4-7-18-8-5-12/h9-10,12,16H,2,4-8H2,(H,15,17). The van der Waals surface area contributed by atoms with E-state index < -0.39 is 0 Å². The Morgan fingerprint density at radius 2 is 2.32 bits per heavy atom. The highest BCUT2D eigenvalue weighted by Gasteiger charge is 2.17. The number of carbonyl (C=O) groups is 1. The summed E-state index contributed by atoms with van der Waals surface area (Å²) in [4.78, 5) is 12.9. The minimum absolute atomic E-state index is 0.0432. The van der Waals surface area contributed by atoms with Crippen LogP contribution in [0.4, 0.5) is 0 Å². The quantitative estimate of drug-likeness (QED) is 0.822. The molecule has 1 saturated heterocycles. The fourth-order valence-corrected chi connectivity index (χ4v) is 2.59. The second kappa shape index (κ2) is 7.29. The number of thiophene rings is 1. The van der Waals surface area contributed by atoms with E-state index in [-0.39, 0.29) is 18.6 Å². The number of hydrogen-bond donors (Lipinski definition) is 2. The molecule has 1 aromatic rings. The van der Waals surface area contributed by atoms with Gasteiger partial charge in [0.1, 0.15) is 0 Å². The van der Waals surface area contributed by atoms with Gasteiger partial charge in [-0.2, -0.15) is 0 Å². The number of ether oxygens (including phenoxy) is 1. The van der Waals surface area contributed by atoms with Crippen LogP contribution < -0.4 is 5.32 Å². The Morgan fingerprint density at radius 1 is 1.53 bits per heavy atom. The van der Waals surface area contributed by atoms with Crippen molar-refractivity contribution in [3.05, 3.63) is 21.9 Å². The first kappa shape index (κ1) is 14.1. The van der Waals surface area contributed by atoms with Crippen LogP contribution in [-0.4, -0.2) is 36.9 Å². The second-order valence-corrected chi connectivity index (χ2v) is 5.25. The lowest BCUT2D eigenvalue weighted by atomic mass is 10.1. The highest BCUT2D eigenvalue weighted by atomic mass is 32.1. The molecule has 1 aromatic heterocycles. The zero-order valence-corrected chi connectivity index (χ0v) is 11.5. The van der Waals surface area contributed by atoms with E-state index in [1.165, 1.54) is 11.3 Å². The van der Waals surface area contributed by atoms with Crippen LogP contribution in [0.3, 0.4) is 0 Å². The molecule has 0 saturated carbocycles. The lowest BCUT2D eigenvalue weighted by Crippen LogP contribution is -2.38. The van der Waals surface area contributed by atoms with Gasteiger partial charge in [0.05, 0.1) is 17.0 Å². The van der Waals surface area contributed by atoms with E-state index in [1.807, 2.05) is 5.38 Å². The Labute approximate surface area is 116 Å². The Balaban J connectivity index is 1.90. The Bertz CT molecular complexity index is 480. The minimum Gasteiger partial charge on any atom is -0.395 e. The smallest absolute Gasteiger partial charge is 0.252 e. The number of nitrogens with one attached hydrogen (secondary N) is 1. The fraction of sp³-hybridized carbons (Fsp3) is 0.500. The van der Waals surface area contributed by atoms with Crippen LogP contribution in [0.25, 0.3) is 0 Å². The normalized spacial score (nSPS) is 15.6. The summed E-state index contributed by atoms with van der Waals surface area (Å²) in [6.45, 7) is 1.49. The van der Waals surface area contributed by atoms with Gasteiger partial charge in [-0.25, -0.2) is 0 Å². The summed E-state index contributed by atoms with van der Waals surface area (Å²) >= 11 is 1.45. The van der Waals surface area contributed by atoms with Gasteiger partial charge in [-0.05, 0) is 18.9 Å². The first-order chi connectivity index (χ1) is 9.29. The van der Waals surface area contributed by atoms with Gasteiger partial charge in [0.25, 0.3) is 5.91 Å². The third-order valence-corrected chi connectivity index (χ3v) is 3.71. The maximum Gasteiger partial charge on any atom is 0.252 e. The minimum atomic E-state index is -0.0432. The average molecular weight is 279 g/mol. The van der Waals surface area contributed by atoms with Gasteiger partial charge in [-0.3, -0.25) is 4.79 Å². The molecule has 0 radical (unpaired) electrons. The van der Waals surface area contributed by atoms with E-state index >= 15 is 0 Å². The van der Waals surface area contributed by atoms with Crippen LogP contribution in [-0.2, 0) is 4.74 Å². The molecule has 1 aliphatic rings. The molecule has 1 aliphatic heterocycles. The van der Waals surface area contributed by atoms with Crippen molar-refractivity contribution in [2.75, 3.05) is 19.8 Å². The number of carbonyl (C=O) groups excluding carboxylic acids is 1. The summed E-state index contributed by atoms with van der Waals surface area (Å²) in [5.74, 6) is 5.74. The summed E-state index contributed by atoms with van der Waals surface area (Å²) < 4.78 is 5.26. The van der Waals surface area contributed by atoms with Crippen LogP contribution in [0.2, 0.25) is 0 Å². The van der Waals surface area contributed by atoms with Gasteiger partial charge < -0.3 is 15.2 Å². The highest BCUT2D eigenvalue weighted by Crippen LogP contribution is 2.15. The van der Waals surface area contributed by atoms with Gasteiger partial charge >= 0.3 is 0 Å². The molecule has 2 rings (SSSR count). The van der Waals surface area contributed by atoms with E-state index in [4.69, 9.17) is 9.84 Å². The number of aliphatic hydroxyl groups excluding tert-OH is 1. The van der Waals surface area contributed by atoms with Gasteiger partial charge in [-0.1, -0.05) is 11.8 Å². The largest absolute Gasteiger partial charge is 0.395 e. The van der Waals surface area contributed by atoms with Gasteiger partial charge in [0.15, 0.2) is 0 Å². The molecule has 0 aliphatic carbocycles. The van der Waals surface area contributed by atoms with Crippen LogP contribution >= 0.6 is 11.3 Å².